The number of sulfonamides is 1. The van der Waals surface area contributed by atoms with Crippen LogP contribution < -0.4 is 10.0 Å². The fraction of sp³-hybridized carbons (Fsp3) is 0.182. The second-order valence-corrected chi connectivity index (χ2v) is 5.75. The predicted octanol–water partition coefficient (Wildman–Crippen LogP) is 1.53. The molecule has 0 atom stereocenters. The Bertz CT molecular complexity index is 655. The molecule has 0 saturated heterocycles. The molecule has 3 N–H and O–H groups in total. The van der Waals surface area contributed by atoms with Crippen molar-refractivity contribution < 1.29 is 12.8 Å². The summed E-state index contributed by atoms with van der Waals surface area (Å²) in [6, 6.07) is 5.92. The highest BCUT2D eigenvalue weighted by molar-refractivity contribution is 7.92. The third-order valence-corrected chi connectivity index (χ3v) is 2.89. The van der Waals surface area contributed by atoms with E-state index in [-0.39, 0.29) is 5.69 Å². The van der Waals surface area contributed by atoms with Gasteiger partial charge in [-0.3, -0.25) is 9.82 Å². The van der Waals surface area contributed by atoms with Crippen LogP contribution in [-0.4, -0.2) is 24.9 Å². The van der Waals surface area contributed by atoms with E-state index in [4.69, 9.17) is 0 Å². The van der Waals surface area contributed by atoms with Crippen LogP contribution in [0.25, 0.3) is 0 Å². The van der Waals surface area contributed by atoms with Crippen LogP contribution in [0, 0.1) is 5.82 Å². The van der Waals surface area contributed by atoms with Crippen LogP contribution in [0.1, 0.15) is 5.69 Å². The molecule has 102 valence electrons. The van der Waals surface area contributed by atoms with Crippen LogP contribution in [0.4, 0.5) is 15.8 Å². The van der Waals surface area contributed by atoms with Gasteiger partial charge in [-0.2, -0.15) is 5.10 Å². The van der Waals surface area contributed by atoms with Crippen LogP contribution in [-0.2, 0) is 16.6 Å². The maximum atomic E-state index is 13.4. The summed E-state index contributed by atoms with van der Waals surface area (Å²) >= 11 is 0. The van der Waals surface area contributed by atoms with Crippen molar-refractivity contribution >= 4 is 21.4 Å². The summed E-state index contributed by atoms with van der Waals surface area (Å²) in [5, 5.41) is 9.60. The molecule has 0 unspecified atom stereocenters. The fourth-order valence-corrected chi connectivity index (χ4v) is 2.05. The van der Waals surface area contributed by atoms with Crippen LogP contribution in [0.2, 0.25) is 0 Å². The minimum atomic E-state index is -3.51. The van der Waals surface area contributed by atoms with Gasteiger partial charge in [-0.25, -0.2) is 12.8 Å². The molecule has 6 nitrogen and oxygen atoms in total. The summed E-state index contributed by atoms with van der Waals surface area (Å²) in [4.78, 5) is 0. The van der Waals surface area contributed by atoms with Gasteiger partial charge < -0.3 is 5.32 Å². The monoisotopic (exact) mass is 284 g/mol. The average Bonchev–Trinajstić information content (AvgIpc) is 2.81. The van der Waals surface area contributed by atoms with Crippen molar-refractivity contribution in [2.24, 2.45) is 0 Å². The zero-order valence-corrected chi connectivity index (χ0v) is 11.0. The molecule has 0 aliphatic carbocycles. The minimum Gasteiger partial charge on any atom is -0.379 e. The molecule has 2 aromatic rings. The summed E-state index contributed by atoms with van der Waals surface area (Å²) in [6.07, 6.45) is 2.59. The van der Waals surface area contributed by atoms with E-state index in [1.807, 2.05) is 0 Å². The molecule has 19 heavy (non-hydrogen) atoms. The van der Waals surface area contributed by atoms with Gasteiger partial charge in [0, 0.05) is 11.9 Å². The second kappa shape index (κ2) is 5.27. The van der Waals surface area contributed by atoms with E-state index in [2.05, 4.69) is 20.2 Å². The lowest BCUT2D eigenvalue weighted by Crippen LogP contribution is -2.11. The quantitative estimate of drug-likeness (QED) is 0.777. The van der Waals surface area contributed by atoms with Crippen molar-refractivity contribution in [2.75, 3.05) is 16.3 Å². The summed E-state index contributed by atoms with van der Waals surface area (Å²) in [7, 11) is -3.51. The molecule has 0 amide bonds. The number of rotatable bonds is 5. The molecule has 1 heterocycles. The lowest BCUT2D eigenvalue weighted by molar-refractivity contribution is 0.604. The van der Waals surface area contributed by atoms with Gasteiger partial charge in [-0.15, -0.1) is 0 Å². The first kappa shape index (κ1) is 13.3. The molecule has 0 bridgehead atoms. The molecule has 1 aromatic carbocycles. The summed E-state index contributed by atoms with van der Waals surface area (Å²) < 4.78 is 37.8. The van der Waals surface area contributed by atoms with E-state index in [0.717, 1.165) is 11.9 Å². The molecule has 0 radical (unpaired) electrons. The van der Waals surface area contributed by atoms with Crippen molar-refractivity contribution in [1.82, 2.24) is 10.2 Å². The van der Waals surface area contributed by atoms with Crippen molar-refractivity contribution in [1.29, 1.82) is 0 Å². The SMILES string of the molecule is CS(=O)(=O)Nc1cc(NCc2ccn[nH]2)ccc1F. The second-order valence-electron chi connectivity index (χ2n) is 4.00. The minimum absolute atomic E-state index is 0.0860. The van der Waals surface area contributed by atoms with E-state index >= 15 is 0 Å². The average molecular weight is 284 g/mol. The first-order chi connectivity index (χ1) is 8.94. The normalized spacial score (nSPS) is 11.3. The molecule has 8 heteroatoms. The van der Waals surface area contributed by atoms with Crippen LogP contribution >= 0.6 is 0 Å². The molecule has 0 spiro atoms. The zero-order chi connectivity index (χ0) is 13.9. The first-order valence-electron chi connectivity index (χ1n) is 5.43. The van der Waals surface area contributed by atoms with E-state index in [1.165, 1.54) is 18.2 Å². The van der Waals surface area contributed by atoms with Gasteiger partial charge >= 0.3 is 0 Å². The van der Waals surface area contributed by atoms with Gasteiger partial charge in [0.1, 0.15) is 5.82 Å². The lowest BCUT2D eigenvalue weighted by atomic mass is 10.2. The third-order valence-electron chi connectivity index (χ3n) is 2.30. The number of halogens is 1. The van der Waals surface area contributed by atoms with Crippen LogP contribution in [0.3, 0.4) is 0 Å². The fourth-order valence-electron chi connectivity index (χ4n) is 1.49. The highest BCUT2D eigenvalue weighted by atomic mass is 32.2. The van der Waals surface area contributed by atoms with Gasteiger partial charge in [0.05, 0.1) is 24.2 Å². The molecule has 0 aliphatic rings. The molecular weight excluding hydrogens is 271 g/mol. The lowest BCUT2D eigenvalue weighted by Gasteiger charge is -2.09. The Morgan fingerprint density at radius 2 is 2.16 bits per heavy atom. The number of nitrogens with one attached hydrogen (secondary N) is 3. The zero-order valence-electron chi connectivity index (χ0n) is 10.1. The van der Waals surface area contributed by atoms with Gasteiger partial charge in [0.2, 0.25) is 10.0 Å². The topological polar surface area (TPSA) is 86.9 Å². The molecule has 0 aliphatic heterocycles. The maximum absolute atomic E-state index is 13.4. The number of benzene rings is 1. The van der Waals surface area contributed by atoms with Crippen LogP contribution in [0.15, 0.2) is 30.5 Å². The molecule has 1 aromatic heterocycles. The van der Waals surface area contributed by atoms with E-state index in [9.17, 15) is 12.8 Å². The van der Waals surface area contributed by atoms with Gasteiger partial charge in [0.15, 0.2) is 0 Å². The number of anilines is 2. The number of H-pyrrole nitrogens is 1. The molecule has 0 fully saturated rings. The Labute approximate surface area is 110 Å². The van der Waals surface area contributed by atoms with E-state index in [1.54, 1.807) is 12.3 Å². The number of aromatic amines is 1. The molecule has 2 rings (SSSR count). The summed E-state index contributed by atoms with van der Waals surface area (Å²) in [5.74, 6) is -0.627. The Balaban J connectivity index is 2.12. The van der Waals surface area contributed by atoms with Gasteiger partial charge in [0.25, 0.3) is 0 Å². The Kier molecular flexibility index (Phi) is 3.70. The number of hydrogen-bond acceptors (Lipinski definition) is 4. The first-order valence-corrected chi connectivity index (χ1v) is 7.33. The van der Waals surface area contributed by atoms with Gasteiger partial charge in [-0.05, 0) is 24.3 Å². The Morgan fingerprint density at radius 1 is 1.37 bits per heavy atom. The largest absolute Gasteiger partial charge is 0.379 e. The van der Waals surface area contributed by atoms with Crippen molar-refractivity contribution in [3.63, 3.8) is 0 Å². The highest BCUT2D eigenvalue weighted by Gasteiger charge is 2.08. The third kappa shape index (κ3) is 3.95. The Hall–Kier alpha value is -2.09. The smallest absolute Gasteiger partial charge is 0.229 e. The number of aromatic nitrogens is 2. The van der Waals surface area contributed by atoms with Crippen molar-refractivity contribution in [2.45, 2.75) is 6.54 Å². The van der Waals surface area contributed by atoms with E-state index in [0.29, 0.717) is 12.2 Å². The van der Waals surface area contributed by atoms with E-state index < -0.39 is 15.8 Å². The van der Waals surface area contributed by atoms with Crippen molar-refractivity contribution in [3.05, 3.63) is 42.0 Å². The van der Waals surface area contributed by atoms with Gasteiger partial charge in [-0.1, -0.05) is 0 Å². The van der Waals surface area contributed by atoms with Crippen molar-refractivity contribution in [3.8, 4) is 0 Å². The summed E-state index contributed by atoms with van der Waals surface area (Å²) in [6.45, 7) is 0.476. The molecule has 0 saturated carbocycles. The predicted molar refractivity (Wildman–Crippen MR) is 70.8 cm³/mol. The van der Waals surface area contributed by atoms with Crippen LogP contribution in [0.5, 0.6) is 0 Å². The molecular formula is C11H13FN4O2S. The standard InChI is InChI=1S/C11H13FN4O2S/c1-19(17,18)16-11-6-8(2-3-10(11)12)13-7-9-4-5-14-15-9/h2-6,13,16H,7H2,1H3,(H,14,15). The summed E-state index contributed by atoms with van der Waals surface area (Å²) in [5.41, 5.74) is 1.38. The highest BCUT2D eigenvalue weighted by Crippen LogP contribution is 2.20. The number of nitrogens with zero attached hydrogens (tertiary/aromatic N) is 1. The maximum Gasteiger partial charge on any atom is 0.229 e. The number of hydrogen-bond donors (Lipinski definition) is 3. The Morgan fingerprint density at radius 3 is 2.79 bits per heavy atom.